The average molecular weight is 681 g/mol. The van der Waals surface area contributed by atoms with Crippen molar-refractivity contribution >= 4 is 40.1 Å². The van der Waals surface area contributed by atoms with Gasteiger partial charge in [0.2, 0.25) is 5.91 Å². The molecule has 8 atom stereocenters. The molecular formula is C33H46ClFN4O6S. The molecular weight excluding hydrogens is 635 g/mol. The van der Waals surface area contributed by atoms with E-state index in [2.05, 4.69) is 10.6 Å². The van der Waals surface area contributed by atoms with Gasteiger partial charge in [0.25, 0.3) is 0 Å². The van der Waals surface area contributed by atoms with Gasteiger partial charge in [-0.25, -0.2) is 13.5 Å². The van der Waals surface area contributed by atoms with E-state index in [1.54, 1.807) is 22.5 Å². The molecule has 46 heavy (non-hydrogen) atoms. The van der Waals surface area contributed by atoms with Crippen LogP contribution in [0.15, 0.2) is 42.5 Å². The summed E-state index contributed by atoms with van der Waals surface area (Å²) in [5.74, 6) is -1.35. The number of nitrogens with zero attached hydrogens (tertiary/aromatic N) is 2. The molecule has 2 aromatic carbocycles. The quantitative estimate of drug-likeness (QED) is 0.205. The maximum absolute atomic E-state index is 15.4. The summed E-state index contributed by atoms with van der Waals surface area (Å²) in [4.78, 5) is 27.8. The summed E-state index contributed by atoms with van der Waals surface area (Å²) in [6, 6.07) is 10.4. The monoisotopic (exact) mass is 680 g/mol. The van der Waals surface area contributed by atoms with Crippen LogP contribution in [0.5, 0.6) is 0 Å². The van der Waals surface area contributed by atoms with E-state index >= 15 is 4.39 Å². The second kappa shape index (κ2) is 14.8. The van der Waals surface area contributed by atoms with Crippen molar-refractivity contribution in [2.75, 3.05) is 31.2 Å². The lowest BCUT2D eigenvalue weighted by Gasteiger charge is -2.49. The predicted molar refractivity (Wildman–Crippen MR) is 179 cm³/mol. The molecule has 2 amide bonds. The highest BCUT2D eigenvalue weighted by Crippen LogP contribution is 2.49. The zero-order chi connectivity index (χ0) is 33.2. The van der Waals surface area contributed by atoms with Gasteiger partial charge in [0.15, 0.2) is 0 Å². The number of piperazine rings is 1. The maximum atomic E-state index is 15.4. The zero-order valence-corrected chi connectivity index (χ0v) is 28.1. The van der Waals surface area contributed by atoms with E-state index in [0.717, 1.165) is 23.3 Å². The second-order valence-corrected chi connectivity index (χ2v) is 15.6. The number of benzene rings is 2. The van der Waals surface area contributed by atoms with E-state index in [1.807, 2.05) is 26.0 Å². The van der Waals surface area contributed by atoms with Crippen LogP contribution in [0.1, 0.15) is 63.0 Å². The first-order valence-corrected chi connectivity index (χ1v) is 18.1. The Morgan fingerprint density at radius 2 is 1.87 bits per heavy atom. The van der Waals surface area contributed by atoms with Crippen LogP contribution < -0.4 is 10.6 Å². The smallest absolute Gasteiger partial charge is 0.407 e. The molecule has 0 spiro atoms. The number of likely N-dealkylation sites (N-methyl/N-ethyl adjacent to an activating group) is 1. The van der Waals surface area contributed by atoms with Crippen LogP contribution >= 0.6 is 22.4 Å². The molecule has 3 heterocycles. The summed E-state index contributed by atoms with van der Waals surface area (Å²) in [6.45, 7) is 5.02. The lowest BCUT2D eigenvalue weighted by atomic mass is 9.73. The van der Waals surface area contributed by atoms with Gasteiger partial charge in [-0.05, 0) is 88.1 Å². The molecule has 3 aliphatic rings. The number of anilines is 1. The van der Waals surface area contributed by atoms with Crippen molar-refractivity contribution in [2.24, 2.45) is 5.92 Å². The van der Waals surface area contributed by atoms with Crippen LogP contribution in [0.4, 0.5) is 14.9 Å². The number of amides is 2. The molecule has 13 heteroatoms. The van der Waals surface area contributed by atoms with Gasteiger partial charge in [0.05, 0.1) is 18.0 Å². The topological polar surface area (TPSA) is 135 Å². The highest BCUT2D eigenvalue weighted by Gasteiger charge is 2.43. The lowest BCUT2D eigenvalue weighted by molar-refractivity contribution is -0.123. The number of carboxylic acid groups (broad SMARTS) is 1. The molecule has 3 fully saturated rings. The number of rotatable bonds is 9. The number of carbonyl (C=O) groups is 2. The van der Waals surface area contributed by atoms with Crippen molar-refractivity contribution < 1.29 is 32.9 Å². The zero-order valence-electron chi connectivity index (χ0n) is 26.6. The minimum Gasteiger partial charge on any atom is -0.465 e. The number of carbonyl (C=O) groups excluding carboxylic acids is 1. The van der Waals surface area contributed by atoms with Gasteiger partial charge < -0.3 is 20.5 Å². The molecule has 0 saturated carbocycles. The second-order valence-electron chi connectivity index (χ2n) is 13.0. The van der Waals surface area contributed by atoms with Crippen LogP contribution in [-0.4, -0.2) is 91.6 Å². The number of fused-ring (bicyclic) bond motifs is 2. The normalized spacial score (nSPS) is 29.5. The van der Waals surface area contributed by atoms with E-state index in [0.29, 0.717) is 43.1 Å². The highest BCUT2D eigenvalue weighted by molar-refractivity contribution is 8.22. The molecule has 2 bridgehead atoms. The molecule has 3 saturated heterocycles. The number of hydrogen-bond acceptors (Lipinski definition) is 7. The average Bonchev–Trinajstić information content (AvgIpc) is 3.11. The molecule has 254 valence electrons. The Morgan fingerprint density at radius 3 is 2.54 bits per heavy atom. The largest absolute Gasteiger partial charge is 0.465 e. The summed E-state index contributed by atoms with van der Waals surface area (Å²) in [5.41, 5.74) is 1.33. The predicted octanol–water partition coefficient (Wildman–Crippen LogP) is 6.42. The summed E-state index contributed by atoms with van der Waals surface area (Å²) < 4.78 is 44.9. The molecule has 5 rings (SSSR count). The van der Waals surface area contributed by atoms with E-state index in [-0.39, 0.29) is 47.9 Å². The van der Waals surface area contributed by atoms with Crippen LogP contribution in [0, 0.1) is 11.7 Å². The third kappa shape index (κ3) is 7.98. The van der Waals surface area contributed by atoms with Crippen molar-refractivity contribution in [3.63, 3.8) is 0 Å². The van der Waals surface area contributed by atoms with Gasteiger partial charge >= 0.3 is 6.09 Å². The summed E-state index contributed by atoms with van der Waals surface area (Å²) in [7, 11) is -1.53. The molecule has 10 nitrogen and oxygen atoms in total. The number of halogens is 2. The Labute approximate surface area is 277 Å². The Morgan fingerprint density at radius 1 is 1.17 bits per heavy atom. The first kappa shape index (κ1) is 34.9. The van der Waals surface area contributed by atoms with Crippen molar-refractivity contribution in [1.29, 1.82) is 0 Å². The van der Waals surface area contributed by atoms with Crippen LogP contribution in [0.3, 0.4) is 0 Å². The van der Waals surface area contributed by atoms with Crippen LogP contribution in [0.2, 0.25) is 5.02 Å². The van der Waals surface area contributed by atoms with E-state index in [4.69, 9.17) is 16.3 Å². The molecule has 0 aliphatic carbocycles. The van der Waals surface area contributed by atoms with Crippen LogP contribution in [-0.2, 0) is 16.0 Å². The maximum Gasteiger partial charge on any atom is 0.407 e. The summed E-state index contributed by atoms with van der Waals surface area (Å²) in [6.07, 6.45) is 2.11. The summed E-state index contributed by atoms with van der Waals surface area (Å²) in [5, 5.41) is 17.1. The molecule has 2 unspecified atom stereocenters. The van der Waals surface area contributed by atoms with Crippen molar-refractivity contribution in [3.8, 4) is 0 Å². The summed E-state index contributed by atoms with van der Waals surface area (Å²) >= 11 is 6.21. The van der Waals surface area contributed by atoms with E-state index < -0.39 is 40.6 Å². The molecule has 2 aromatic rings. The first-order chi connectivity index (χ1) is 21.8. The number of ether oxygens (including phenoxy) is 1. The number of nitrogens with one attached hydrogen (secondary N) is 2. The minimum absolute atomic E-state index is 0.0793. The fraction of sp³-hybridized carbons (Fsp3) is 0.576. The van der Waals surface area contributed by atoms with E-state index in [1.165, 1.54) is 19.2 Å². The Balaban J connectivity index is 1.43. The molecule has 0 aromatic heterocycles. The molecule has 0 radical (unpaired) electrons. The van der Waals surface area contributed by atoms with Crippen molar-refractivity contribution in [3.05, 3.63) is 64.4 Å². The van der Waals surface area contributed by atoms with Gasteiger partial charge in [-0.3, -0.25) is 18.8 Å². The first-order valence-electron chi connectivity index (χ1n) is 16.0. The molecule has 5 N–H and O–H groups in total. The van der Waals surface area contributed by atoms with Gasteiger partial charge in [0.1, 0.15) is 11.9 Å². The molecule has 3 aliphatic heterocycles. The Kier molecular flexibility index (Phi) is 11.2. The SMILES string of the molecule is C[C@@H]1CC([C@H](c2ccc(Cl)cc2)[C@@H](C(=O)Nc2cccc(F)c2CC[C@H]2CN[C@@H]3CCCS(O)(O)N2C3)N(C)C(=O)O)C[C@H](C)O1. The third-order valence-corrected chi connectivity index (χ3v) is 12.0. The van der Waals surface area contributed by atoms with Gasteiger partial charge in [-0.2, -0.15) is 0 Å². The highest BCUT2D eigenvalue weighted by atomic mass is 35.5. The fourth-order valence-corrected chi connectivity index (χ4v) is 9.56. The van der Waals surface area contributed by atoms with Crippen molar-refractivity contribution in [2.45, 2.75) is 88.6 Å². The fourth-order valence-electron chi connectivity index (χ4n) is 7.57. The minimum atomic E-state index is -2.92. The number of hydrogen-bond donors (Lipinski definition) is 5. The van der Waals surface area contributed by atoms with E-state index in [9.17, 15) is 23.8 Å². The van der Waals surface area contributed by atoms with Gasteiger partial charge in [-0.1, -0.05) is 29.8 Å². The van der Waals surface area contributed by atoms with Gasteiger partial charge in [0, 0.05) is 54.4 Å². The van der Waals surface area contributed by atoms with Crippen LogP contribution in [0.25, 0.3) is 0 Å². The lowest BCUT2D eigenvalue weighted by Crippen LogP contribution is -2.55. The van der Waals surface area contributed by atoms with Gasteiger partial charge in [-0.15, -0.1) is 10.8 Å². The Hall–Kier alpha value is -2.45. The Bertz CT molecular complexity index is 1380. The van der Waals surface area contributed by atoms with Crippen molar-refractivity contribution in [1.82, 2.24) is 14.5 Å². The standard InChI is InChI=1S/C33H46ClFN4O6S/c1-20-16-23(17-21(2)45-20)30(22-9-11-24(34)12-10-22)31(38(3)33(41)42)32(40)37-29-8-4-7-28(35)27(29)14-13-26-18-36-25-6-5-15-46(43,44)39(26)19-25/h4,7-12,20-21,23,25-26,30-31,36,43-44H,5-6,13-19H2,1-3H3,(H,37,40)(H,41,42)/t20-,21+,23?,25-,26+,30+,31+/m1/s1. The third-order valence-electron chi connectivity index (χ3n) is 9.72.